The van der Waals surface area contributed by atoms with Crippen LogP contribution >= 0.6 is 0 Å². The van der Waals surface area contributed by atoms with Crippen LogP contribution in [0.1, 0.15) is 47.0 Å². The first-order chi connectivity index (χ1) is 9.06. The van der Waals surface area contributed by atoms with Crippen LogP contribution in [0.3, 0.4) is 0 Å². The molecule has 0 aromatic carbocycles. The van der Waals surface area contributed by atoms with Crippen LogP contribution in [0.2, 0.25) is 0 Å². The van der Waals surface area contributed by atoms with Gasteiger partial charge in [-0.1, -0.05) is 0 Å². The van der Waals surface area contributed by atoms with Gasteiger partial charge in [-0.05, 0) is 40.5 Å². The molecule has 5 heteroatoms. The van der Waals surface area contributed by atoms with Gasteiger partial charge in [-0.2, -0.15) is 0 Å². The zero-order valence-electron chi connectivity index (χ0n) is 12.5. The van der Waals surface area contributed by atoms with Gasteiger partial charge in [-0.25, -0.2) is 0 Å². The van der Waals surface area contributed by atoms with E-state index in [4.69, 9.17) is 18.9 Å². The number of hydrogen-bond acceptors (Lipinski definition) is 5. The summed E-state index contributed by atoms with van der Waals surface area (Å²) in [4.78, 5) is 0. The summed E-state index contributed by atoms with van der Waals surface area (Å²) in [6.45, 7) is 8.85. The van der Waals surface area contributed by atoms with Gasteiger partial charge in [-0.15, -0.1) is 0 Å². The van der Waals surface area contributed by atoms with E-state index in [-0.39, 0.29) is 24.8 Å². The van der Waals surface area contributed by atoms with Crippen molar-refractivity contribution < 1.29 is 24.1 Å². The Labute approximate surface area is 116 Å². The van der Waals surface area contributed by atoms with E-state index in [9.17, 15) is 5.11 Å². The Morgan fingerprint density at radius 3 is 2.11 bits per heavy atom. The number of hydrogen-bond donors (Lipinski definition) is 1. The summed E-state index contributed by atoms with van der Waals surface area (Å²) >= 11 is 0. The van der Waals surface area contributed by atoms with Crippen LogP contribution in [0.25, 0.3) is 0 Å². The average molecular weight is 276 g/mol. The molecule has 0 aromatic rings. The lowest BCUT2D eigenvalue weighted by atomic mass is 9.92. The molecule has 5 nitrogen and oxygen atoms in total. The monoisotopic (exact) mass is 276 g/mol. The number of aliphatic hydroxyl groups is 1. The molecule has 0 radical (unpaired) electrons. The third kappa shape index (κ3) is 6.19. The molecule has 1 aliphatic rings. The maximum absolute atomic E-state index is 10.1. The predicted molar refractivity (Wildman–Crippen MR) is 71.8 cm³/mol. The van der Waals surface area contributed by atoms with Crippen molar-refractivity contribution in [1.82, 2.24) is 0 Å². The molecule has 1 saturated carbocycles. The Kier molecular flexibility index (Phi) is 7.87. The lowest BCUT2D eigenvalue weighted by Crippen LogP contribution is -2.41. The lowest BCUT2D eigenvalue weighted by molar-refractivity contribution is -0.214. The summed E-state index contributed by atoms with van der Waals surface area (Å²) < 4.78 is 22.1. The van der Waals surface area contributed by atoms with E-state index in [1.165, 1.54) is 0 Å². The van der Waals surface area contributed by atoms with E-state index in [2.05, 4.69) is 0 Å². The maximum atomic E-state index is 10.1. The fourth-order valence-electron chi connectivity index (χ4n) is 2.43. The Bertz CT molecular complexity index is 236. The summed E-state index contributed by atoms with van der Waals surface area (Å²) in [6.07, 6.45) is 1.12. The maximum Gasteiger partial charge on any atom is 0.155 e. The first-order valence-electron chi connectivity index (χ1n) is 7.29. The summed E-state index contributed by atoms with van der Waals surface area (Å²) in [7, 11) is 0. The molecule has 0 bridgehead atoms. The molecule has 1 rings (SSSR count). The summed E-state index contributed by atoms with van der Waals surface area (Å²) in [5.74, 6) is 0. The molecule has 0 aromatic heterocycles. The molecule has 0 spiro atoms. The van der Waals surface area contributed by atoms with Crippen molar-refractivity contribution in [3.8, 4) is 0 Å². The Balaban J connectivity index is 2.30. The normalized spacial score (nSPS) is 31.1. The van der Waals surface area contributed by atoms with Crippen LogP contribution in [0.15, 0.2) is 0 Å². The van der Waals surface area contributed by atoms with E-state index < -0.39 is 6.10 Å². The Hall–Kier alpha value is -0.200. The third-order valence-electron chi connectivity index (χ3n) is 3.26. The first kappa shape index (κ1) is 16.9. The largest absolute Gasteiger partial charge is 0.390 e. The second kappa shape index (κ2) is 8.87. The highest BCUT2D eigenvalue weighted by Crippen LogP contribution is 2.26. The molecule has 19 heavy (non-hydrogen) atoms. The fraction of sp³-hybridized carbons (Fsp3) is 1.00. The number of ether oxygens (including phenoxy) is 4. The minimum atomic E-state index is -0.504. The van der Waals surface area contributed by atoms with Gasteiger partial charge < -0.3 is 24.1 Å². The molecule has 0 heterocycles. The van der Waals surface area contributed by atoms with Crippen molar-refractivity contribution in [3.05, 3.63) is 0 Å². The van der Waals surface area contributed by atoms with Crippen molar-refractivity contribution in [2.45, 2.75) is 77.8 Å². The smallest absolute Gasteiger partial charge is 0.155 e. The fourth-order valence-corrected chi connectivity index (χ4v) is 2.43. The zero-order valence-corrected chi connectivity index (χ0v) is 12.5. The molecular weight excluding hydrogens is 248 g/mol. The molecule has 0 saturated heterocycles. The molecule has 1 aliphatic carbocycles. The quantitative estimate of drug-likeness (QED) is 0.688. The van der Waals surface area contributed by atoms with Gasteiger partial charge in [0.1, 0.15) is 0 Å². The van der Waals surface area contributed by atoms with Crippen molar-refractivity contribution >= 4 is 0 Å². The summed E-state index contributed by atoms with van der Waals surface area (Å²) in [5.41, 5.74) is 0. The molecule has 0 amide bonds. The second-order valence-electron chi connectivity index (χ2n) is 4.86. The van der Waals surface area contributed by atoms with E-state index in [1.807, 2.05) is 27.7 Å². The van der Waals surface area contributed by atoms with Gasteiger partial charge in [0.05, 0.1) is 18.3 Å². The second-order valence-corrected chi connectivity index (χ2v) is 4.86. The van der Waals surface area contributed by atoms with E-state index in [0.717, 1.165) is 12.8 Å². The third-order valence-corrected chi connectivity index (χ3v) is 3.26. The topological polar surface area (TPSA) is 57.2 Å². The van der Waals surface area contributed by atoms with Gasteiger partial charge in [0.15, 0.2) is 12.6 Å². The molecule has 5 atom stereocenters. The molecule has 1 fully saturated rings. The van der Waals surface area contributed by atoms with Gasteiger partial charge in [0, 0.05) is 19.6 Å². The van der Waals surface area contributed by atoms with E-state index >= 15 is 0 Å². The highest BCUT2D eigenvalue weighted by atomic mass is 16.7. The average Bonchev–Trinajstić information content (AvgIpc) is 2.33. The Morgan fingerprint density at radius 2 is 1.58 bits per heavy atom. The van der Waals surface area contributed by atoms with Crippen molar-refractivity contribution in [2.24, 2.45) is 0 Å². The highest BCUT2D eigenvalue weighted by Gasteiger charge is 2.32. The summed E-state index contributed by atoms with van der Waals surface area (Å²) in [5, 5.41) is 10.1. The van der Waals surface area contributed by atoms with Crippen LogP contribution in [-0.4, -0.2) is 49.2 Å². The lowest BCUT2D eigenvalue weighted by Gasteiger charge is -2.35. The molecule has 5 unspecified atom stereocenters. The van der Waals surface area contributed by atoms with Crippen molar-refractivity contribution in [1.29, 1.82) is 0 Å². The molecule has 0 aliphatic heterocycles. The van der Waals surface area contributed by atoms with Crippen molar-refractivity contribution in [2.75, 3.05) is 13.2 Å². The van der Waals surface area contributed by atoms with E-state index in [1.54, 1.807) is 0 Å². The first-order valence-corrected chi connectivity index (χ1v) is 7.29. The van der Waals surface area contributed by atoms with Crippen LogP contribution in [0.4, 0.5) is 0 Å². The van der Waals surface area contributed by atoms with Crippen molar-refractivity contribution in [3.63, 3.8) is 0 Å². The SMILES string of the molecule is CCOC(C)OC1CCC(OC(C)OCC)C(O)C1. The van der Waals surface area contributed by atoms with E-state index in [0.29, 0.717) is 19.6 Å². The highest BCUT2D eigenvalue weighted by molar-refractivity contribution is 4.81. The van der Waals surface area contributed by atoms with Crippen LogP contribution in [0.5, 0.6) is 0 Å². The van der Waals surface area contributed by atoms with Gasteiger partial charge in [-0.3, -0.25) is 0 Å². The minimum Gasteiger partial charge on any atom is -0.390 e. The van der Waals surface area contributed by atoms with Gasteiger partial charge >= 0.3 is 0 Å². The molecule has 114 valence electrons. The predicted octanol–water partition coefficient (Wildman–Crippen LogP) is 2.07. The van der Waals surface area contributed by atoms with Gasteiger partial charge in [0.25, 0.3) is 0 Å². The number of aliphatic hydroxyl groups excluding tert-OH is 1. The van der Waals surface area contributed by atoms with Crippen LogP contribution in [0, 0.1) is 0 Å². The van der Waals surface area contributed by atoms with Crippen LogP contribution in [-0.2, 0) is 18.9 Å². The Morgan fingerprint density at radius 1 is 1.00 bits per heavy atom. The van der Waals surface area contributed by atoms with Crippen LogP contribution < -0.4 is 0 Å². The minimum absolute atomic E-state index is 0.0406. The number of rotatable bonds is 8. The van der Waals surface area contributed by atoms with Gasteiger partial charge in [0.2, 0.25) is 0 Å². The summed E-state index contributed by atoms with van der Waals surface area (Å²) in [6, 6.07) is 0. The zero-order chi connectivity index (χ0) is 14.3. The molecule has 1 N–H and O–H groups in total. The molecular formula is C14H28O5. The standard InChI is InChI=1S/C14H28O5/c1-5-16-10(3)18-12-7-8-14(13(15)9-12)19-11(4)17-6-2/h10-15H,5-9H2,1-4H3.